The molecule has 1 heterocycles. The Labute approximate surface area is 165 Å². The number of anilines is 1. The first-order chi connectivity index (χ1) is 13.3. The van der Waals surface area contributed by atoms with E-state index in [9.17, 15) is 13.2 Å². The predicted octanol–water partition coefficient (Wildman–Crippen LogP) is 2.55. The minimum atomic E-state index is -3.29. The summed E-state index contributed by atoms with van der Waals surface area (Å²) in [6, 6.07) is 14.6. The van der Waals surface area contributed by atoms with Crippen LogP contribution in [0.25, 0.3) is 0 Å². The SMILES string of the molecule is CS(=O)(=O)Nc1ccc(Oc2ccc(CN3CCC(C(N)=O)CC3)cc2)cc1. The molecule has 1 fully saturated rings. The van der Waals surface area contributed by atoms with Crippen LogP contribution in [0.1, 0.15) is 18.4 Å². The van der Waals surface area contributed by atoms with E-state index in [1.165, 1.54) is 5.56 Å². The van der Waals surface area contributed by atoms with E-state index in [1.807, 2.05) is 24.3 Å². The van der Waals surface area contributed by atoms with E-state index in [4.69, 9.17) is 10.5 Å². The minimum Gasteiger partial charge on any atom is -0.457 e. The van der Waals surface area contributed by atoms with Crippen molar-refractivity contribution < 1.29 is 17.9 Å². The topological polar surface area (TPSA) is 102 Å². The van der Waals surface area contributed by atoms with E-state index in [0.717, 1.165) is 38.7 Å². The smallest absolute Gasteiger partial charge is 0.229 e. The first-order valence-corrected chi connectivity index (χ1v) is 11.0. The number of nitrogens with one attached hydrogen (secondary N) is 1. The molecule has 2 aromatic rings. The van der Waals surface area contributed by atoms with Gasteiger partial charge in [-0.05, 0) is 67.9 Å². The quantitative estimate of drug-likeness (QED) is 0.740. The van der Waals surface area contributed by atoms with Gasteiger partial charge in [0.1, 0.15) is 11.5 Å². The lowest BCUT2D eigenvalue weighted by Crippen LogP contribution is -2.38. The fourth-order valence-electron chi connectivity index (χ4n) is 3.24. The van der Waals surface area contributed by atoms with Gasteiger partial charge in [-0.1, -0.05) is 12.1 Å². The van der Waals surface area contributed by atoms with Gasteiger partial charge < -0.3 is 10.5 Å². The van der Waals surface area contributed by atoms with Gasteiger partial charge in [-0.3, -0.25) is 14.4 Å². The summed E-state index contributed by atoms with van der Waals surface area (Å²) in [5.41, 5.74) is 7.05. The molecule has 0 aromatic heterocycles. The van der Waals surface area contributed by atoms with Gasteiger partial charge in [0.05, 0.1) is 6.26 Å². The van der Waals surface area contributed by atoms with E-state index < -0.39 is 10.0 Å². The van der Waals surface area contributed by atoms with E-state index in [1.54, 1.807) is 24.3 Å². The van der Waals surface area contributed by atoms with Crippen LogP contribution in [0, 0.1) is 5.92 Å². The Kier molecular flexibility index (Phi) is 6.21. The Balaban J connectivity index is 1.52. The second-order valence-corrected chi connectivity index (χ2v) is 8.85. The van der Waals surface area contributed by atoms with Crippen molar-refractivity contribution in [2.75, 3.05) is 24.1 Å². The number of piperidine rings is 1. The van der Waals surface area contributed by atoms with Crippen molar-refractivity contribution in [3.63, 3.8) is 0 Å². The van der Waals surface area contributed by atoms with Crippen LogP contribution in [-0.2, 0) is 21.4 Å². The lowest BCUT2D eigenvalue weighted by Gasteiger charge is -2.30. The highest BCUT2D eigenvalue weighted by Crippen LogP contribution is 2.25. The lowest BCUT2D eigenvalue weighted by atomic mass is 9.96. The third kappa shape index (κ3) is 5.97. The monoisotopic (exact) mass is 403 g/mol. The summed E-state index contributed by atoms with van der Waals surface area (Å²) >= 11 is 0. The van der Waals surface area contributed by atoms with E-state index in [2.05, 4.69) is 9.62 Å². The molecular formula is C20H25N3O4S. The van der Waals surface area contributed by atoms with Gasteiger partial charge in [-0.25, -0.2) is 8.42 Å². The van der Waals surface area contributed by atoms with Crippen LogP contribution >= 0.6 is 0 Å². The highest BCUT2D eigenvalue weighted by atomic mass is 32.2. The van der Waals surface area contributed by atoms with Crippen LogP contribution in [0.2, 0.25) is 0 Å². The molecule has 8 heteroatoms. The summed E-state index contributed by atoms with van der Waals surface area (Å²) < 4.78 is 30.7. The van der Waals surface area contributed by atoms with E-state index in [-0.39, 0.29) is 11.8 Å². The number of nitrogens with two attached hydrogens (primary N) is 1. The van der Waals surface area contributed by atoms with Crippen LogP contribution in [0.4, 0.5) is 5.69 Å². The molecule has 0 unspecified atom stereocenters. The molecule has 1 saturated heterocycles. The third-order valence-electron chi connectivity index (χ3n) is 4.71. The van der Waals surface area contributed by atoms with E-state index in [0.29, 0.717) is 17.2 Å². The van der Waals surface area contributed by atoms with Crippen molar-refractivity contribution in [2.24, 2.45) is 11.7 Å². The molecule has 1 aliphatic heterocycles. The van der Waals surface area contributed by atoms with Gasteiger partial charge in [0.25, 0.3) is 0 Å². The van der Waals surface area contributed by atoms with Gasteiger partial charge in [-0.2, -0.15) is 0 Å². The highest BCUT2D eigenvalue weighted by Gasteiger charge is 2.22. The predicted molar refractivity (Wildman–Crippen MR) is 109 cm³/mol. The first-order valence-electron chi connectivity index (χ1n) is 9.15. The zero-order chi connectivity index (χ0) is 20.1. The van der Waals surface area contributed by atoms with Gasteiger partial charge in [0, 0.05) is 18.2 Å². The molecule has 0 atom stereocenters. The fourth-order valence-corrected chi connectivity index (χ4v) is 3.80. The standard InChI is InChI=1S/C20H25N3O4S/c1-28(25,26)22-17-4-8-19(9-5-17)27-18-6-2-15(3-7-18)14-23-12-10-16(11-13-23)20(21)24/h2-9,16,22H,10-14H2,1H3,(H2,21,24). The number of carbonyl (C=O) groups excluding carboxylic acids is 1. The van der Waals surface area contributed by atoms with Gasteiger partial charge in [0.2, 0.25) is 15.9 Å². The minimum absolute atomic E-state index is 0.00560. The zero-order valence-corrected chi connectivity index (χ0v) is 16.6. The maximum absolute atomic E-state index is 11.2. The summed E-state index contributed by atoms with van der Waals surface area (Å²) in [6.45, 7) is 2.58. The largest absolute Gasteiger partial charge is 0.457 e. The summed E-state index contributed by atoms with van der Waals surface area (Å²) in [6.07, 6.45) is 2.75. The number of primary amides is 1. The zero-order valence-electron chi connectivity index (χ0n) is 15.8. The number of hydrogen-bond donors (Lipinski definition) is 2. The number of sulfonamides is 1. The maximum Gasteiger partial charge on any atom is 0.229 e. The van der Waals surface area contributed by atoms with Crippen LogP contribution in [-0.4, -0.2) is 38.6 Å². The van der Waals surface area contributed by atoms with Gasteiger partial charge in [0.15, 0.2) is 0 Å². The Morgan fingerprint density at radius 3 is 2.11 bits per heavy atom. The molecule has 0 spiro atoms. The second-order valence-electron chi connectivity index (χ2n) is 7.10. The van der Waals surface area contributed by atoms with Crippen molar-refractivity contribution in [3.8, 4) is 11.5 Å². The van der Waals surface area contributed by atoms with Crippen LogP contribution < -0.4 is 15.2 Å². The van der Waals surface area contributed by atoms with Gasteiger partial charge >= 0.3 is 0 Å². The molecule has 0 bridgehead atoms. The third-order valence-corrected chi connectivity index (χ3v) is 5.32. The van der Waals surface area contributed by atoms with E-state index >= 15 is 0 Å². The number of ether oxygens (including phenoxy) is 1. The number of rotatable bonds is 7. The average molecular weight is 404 g/mol. The van der Waals surface area contributed by atoms with Crippen molar-refractivity contribution >= 4 is 21.6 Å². The summed E-state index contributed by atoms with van der Waals surface area (Å²) in [7, 11) is -3.29. The lowest BCUT2D eigenvalue weighted by molar-refractivity contribution is -0.123. The number of nitrogens with zero attached hydrogens (tertiary/aromatic N) is 1. The molecule has 3 rings (SSSR count). The highest BCUT2D eigenvalue weighted by molar-refractivity contribution is 7.92. The maximum atomic E-state index is 11.2. The van der Waals surface area contributed by atoms with Crippen LogP contribution in [0.15, 0.2) is 48.5 Å². The number of amides is 1. The summed E-state index contributed by atoms with van der Waals surface area (Å²) in [4.78, 5) is 13.6. The van der Waals surface area contributed by atoms with Crippen LogP contribution in [0.5, 0.6) is 11.5 Å². The Bertz CT molecular complexity index is 903. The summed E-state index contributed by atoms with van der Waals surface area (Å²) in [5.74, 6) is 1.15. The molecule has 0 radical (unpaired) electrons. The molecule has 1 amide bonds. The molecular weight excluding hydrogens is 378 g/mol. The fraction of sp³-hybridized carbons (Fsp3) is 0.350. The second kappa shape index (κ2) is 8.62. The molecule has 3 N–H and O–H groups in total. The van der Waals surface area contributed by atoms with Crippen molar-refractivity contribution in [3.05, 3.63) is 54.1 Å². The molecule has 28 heavy (non-hydrogen) atoms. The number of carbonyl (C=O) groups is 1. The molecule has 2 aromatic carbocycles. The van der Waals surface area contributed by atoms with Crippen molar-refractivity contribution in [1.29, 1.82) is 0 Å². The molecule has 150 valence electrons. The molecule has 1 aliphatic rings. The van der Waals surface area contributed by atoms with Gasteiger partial charge in [-0.15, -0.1) is 0 Å². The van der Waals surface area contributed by atoms with Crippen molar-refractivity contribution in [2.45, 2.75) is 19.4 Å². The van der Waals surface area contributed by atoms with Crippen LogP contribution in [0.3, 0.4) is 0 Å². The normalized spacial score (nSPS) is 15.9. The number of likely N-dealkylation sites (tertiary alicyclic amines) is 1. The molecule has 7 nitrogen and oxygen atoms in total. The number of hydrogen-bond acceptors (Lipinski definition) is 5. The van der Waals surface area contributed by atoms with Crippen molar-refractivity contribution in [1.82, 2.24) is 4.90 Å². The Hall–Kier alpha value is -2.58. The Morgan fingerprint density at radius 1 is 1.07 bits per heavy atom. The first kappa shape index (κ1) is 20.2. The summed E-state index contributed by atoms with van der Waals surface area (Å²) in [5, 5.41) is 0. The number of benzene rings is 2. The molecule has 0 saturated carbocycles. The Morgan fingerprint density at radius 2 is 1.61 bits per heavy atom. The average Bonchev–Trinajstić information content (AvgIpc) is 2.64. The molecule has 0 aliphatic carbocycles.